The number of methoxy groups -OCH3 is 1. The molecule has 3 aromatic rings. The Morgan fingerprint density at radius 2 is 2.15 bits per heavy atom. The number of fused-ring (bicyclic) bond motifs is 3. The van der Waals surface area contributed by atoms with Gasteiger partial charge in [0.1, 0.15) is 11.2 Å². The van der Waals surface area contributed by atoms with E-state index in [0.717, 1.165) is 0 Å². The second-order valence-electron chi connectivity index (χ2n) is 6.50. The number of aromatic nitrogens is 3. The van der Waals surface area contributed by atoms with Crippen LogP contribution >= 0.6 is 11.6 Å². The molecular weight excluding hydrogens is 370 g/mol. The molecule has 8 nitrogen and oxygen atoms in total. The average molecular weight is 386 g/mol. The van der Waals surface area contributed by atoms with Gasteiger partial charge < -0.3 is 20.4 Å². The molecular formula is C18H16ClN5O3. The third kappa shape index (κ3) is 2.73. The lowest BCUT2D eigenvalue weighted by Gasteiger charge is -2.35. The second-order valence-corrected chi connectivity index (χ2v) is 6.91. The lowest BCUT2D eigenvalue weighted by molar-refractivity contribution is -0.121. The number of ether oxygens (including phenoxy) is 1. The van der Waals surface area contributed by atoms with Crippen LogP contribution in [0.3, 0.4) is 0 Å². The monoisotopic (exact) mass is 385 g/mol. The third-order valence-electron chi connectivity index (χ3n) is 4.55. The molecule has 4 rings (SSSR count). The maximum absolute atomic E-state index is 13.1. The number of hydrogen-bond acceptors (Lipinski definition) is 6. The molecule has 3 N–H and O–H groups in total. The highest BCUT2D eigenvalue weighted by molar-refractivity contribution is 6.35. The maximum Gasteiger partial charge on any atom is 0.252 e. The Hall–Kier alpha value is -2.97. The van der Waals surface area contributed by atoms with Crippen molar-refractivity contribution < 1.29 is 14.3 Å². The fourth-order valence-electron chi connectivity index (χ4n) is 3.19. The molecule has 0 spiro atoms. The molecule has 0 aromatic carbocycles. The van der Waals surface area contributed by atoms with Gasteiger partial charge in [-0.3, -0.25) is 14.6 Å². The van der Waals surface area contributed by atoms with Gasteiger partial charge in [-0.2, -0.15) is 0 Å². The minimum absolute atomic E-state index is 0.159. The quantitative estimate of drug-likeness (QED) is 0.595. The minimum Gasteiger partial charge on any atom is -0.382 e. The predicted molar refractivity (Wildman–Crippen MR) is 101 cm³/mol. The van der Waals surface area contributed by atoms with Crippen molar-refractivity contribution in [3.8, 4) is 0 Å². The summed E-state index contributed by atoms with van der Waals surface area (Å²) in [6.07, 6.45) is 6.06. The lowest BCUT2D eigenvalue weighted by Crippen LogP contribution is -2.53. The molecule has 138 valence electrons. The van der Waals surface area contributed by atoms with E-state index in [9.17, 15) is 9.59 Å². The van der Waals surface area contributed by atoms with E-state index in [0.29, 0.717) is 33.5 Å². The van der Waals surface area contributed by atoms with Crippen molar-refractivity contribution in [3.63, 3.8) is 0 Å². The topological polar surface area (TPSA) is 109 Å². The standard InChI is InChI=1S/C18H16ClN5O3/c1-18(8-27-2)17(26)23-12-7-22-16-13(14(12)24-18)10(5-21-16)15(25)9-3-4-20-6-11(9)19/h3-7,24H,8H2,1-2H3,(H,21,22)(H,23,26)/t18-/m0/s1. The number of H-pyrrole nitrogens is 1. The molecule has 0 saturated carbocycles. The molecule has 0 unspecified atom stereocenters. The number of halogens is 1. The van der Waals surface area contributed by atoms with Gasteiger partial charge in [0.15, 0.2) is 5.78 Å². The summed E-state index contributed by atoms with van der Waals surface area (Å²) in [7, 11) is 1.52. The van der Waals surface area contributed by atoms with Crippen LogP contribution in [0.25, 0.3) is 11.0 Å². The fourth-order valence-corrected chi connectivity index (χ4v) is 3.39. The van der Waals surface area contributed by atoms with Gasteiger partial charge in [-0.15, -0.1) is 0 Å². The van der Waals surface area contributed by atoms with Gasteiger partial charge in [0, 0.05) is 31.3 Å². The van der Waals surface area contributed by atoms with Crippen LogP contribution < -0.4 is 10.6 Å². The summed E-state index contributed by atoms with van der Waals surface area (Å²) in [5.74, 6) is -0.505. The van der Waals surface area contributed by atoms with Crippen LogP contribution in [0.4, 0.5) is 11.4 Å². The second kappa shape index (κ2) is 6.33. The van der Waals surface area contributed by atoms with E-state index in [4.69, 9.17) is 16.3 Å². The highest BCUT2D eigenvalue weighted by Crippen LogP contribution is 2.38. The largest absolute Gasteiger partial charge is 0.382 e. The number of carbonyl (C=O) groups is 2. The normalized spacial score (nSPS) is 18.7. The van der Waals surface area contributed by atoms with Crippen LogP contribution in [0, 0.1) is 0 Å². The van der Waals surface area contributed by atoms with E-state index in [1.54, 1.807) is 25.4 Å². The summed E-state index contributed by atoms with van der Waals surface area (Å²) in [5.41, 5.74) is 1.37. The SMILES string of the molecule is COC[C@]1(C)Nc2c(cnc3[nH]cc(C(=O)c4ccncc4Cl)c23)NC1=O. The van der Waals surface area contributed by atoms with Gasteiger partial charge >= 0.3 is 0 Å². The number of nitrogens with zero attached hydrogens (tertiary/aromatic N) is 2. The third-order valence-corrected chi connectivity index (χ3v) is 4.85. The van der Waals surface area contributed by atoms with E-state index < -0.39 is 5.54 Å². The Labute approximate surface area is 159 Å². The first-order valence-electron chi connectivity index (χ1n) is 8.17. The summed E-state index contributed by atoms with van der Waals surface area (Å²) in [4.78, 5) is 36.7. The number of hydrogen-bond donors (Lipinski definition) is 3. The van der Waals surface area contributed by atoms with Gasteiger partial charge in [-0.25, -0.2) is 4.98 Å². The summed E-state index contributed by atoms with van der Waals surface area (Å²) in [6, 6.07) is 1.57. The molecule has 1 atom stereocenters. The Kier molecular flexibility index (Phi) is 4.09. The van der Waals surface area contributed by atoms with Gasteiger partial charge in [0.2, 0.25) is 0 Å². The first-order valence-corrected chi connectivity index (χ1v) is 8.55. The highest BCUT2D eigenvalue weighted by Gasteiger charge is 2.39. The molecule has 3 aromatic heterocycles. The number of carbonyl (C=O) groups excluding carboxylic acids is 2. The number of anilines is 2. The molecule has 27 heavy (non-hydrogen) atoms. The van der Waals surface area contributed by atoms with Crippen molar-refractivity contribution in [1.29, 1.82) is 0 Å². The minimum atomic E-state index is -0.984. The van der Waals surface area contributed by atoms with Crippen LogP contribution in [0.2, 0.25) is 5.02 Å². The smallest absolute Gasteiger partial charge is 0.252 e. The molecule has 0 fully saturated rings. The van der Waals surface area contributed by atoms with Crippen molar-refractivity contribution >= 4 is 45.7 Å². The molecule has 0 radical (unpaired) electrons. The Morgan fingerprint density at radius 3 is 2.89 bits per heavy atom. The van der Waals surface area contributed by atoms with Crippen molar-refractivity contribution in [3.05, 3.63) is 47.0 Å². The van der Waals surface area contributed by atoms with E-state index in [1.807, 2.05) is 0 Å². The van der Waals surface area contributed by atoms with Gasteiger partial charge in [-0.1, -0.05) is 11.6 Å². The lowest BCUT2D eigenvalue weighted by atomic mass is 9.96. The van der Waals surface area contributed by atoms with E-state index in [2.05, 4.69) is 25.6 Å². The fraction of sp³-hybridized carbons (Fsp3) is 0.222. The van der Waals surface area contributed by atoms with E-state index in [1.165, 1.54) is 19.5 Å². The van der Waals surface area contributed by atoms with Gasteiger partial charge in [-0.05, 0) is 13.0 Å². The number of aromatic amines is 1. The van der Waals surface area contributed by atoms with Gasteiger partial charge in [0.05, 0.1) is 40.2 Å². The Balaban J connectivity index is 1.89. The number of nitrogens with one attached hydrogen (secondary N) is 3. The van der Waals surface area contributed by atoms with E-state index >= 15 is 0 Å². The first-order chi connectivity index (χ1) is 12.9. The number of rotatable bonds is 4. The van der Waals surface area contributed by atoms with Crippen LogP contribution in [0.5, 0.6) is 0 Å². The summed E-state index contributed by atoms with van der Waals surface area (Å²) < 4.78 is 5.19. The van der Waals surface area contributed by atoms with Crippen LogP contribution in [0.1, 0.15) is 22.8 Å². The summed E-state index contributed by atoms with van der Waals surface area (Å²) in [5, 5.41) is 6.89. The maximum atomic E-state index is 13.1. The Bertz CT molecular complexity index is 1080. The molecule has 4 heterocycles. The van der Waals surface area contributed by atoms with Crippen molar-refractivity contribution in [2.45, 2.75) is 12.5 Å². The number of ketones is 1. The Morgan fingerprint density at radius 1 is 1.33 bits per heavy atom. The predicted octanol–water partition coefficient (Wildman–Crippen LogP) is 2.61. The highest BCUT2D eigenvalue weighted by atomic mass is 35.5. The average Bonchev–Trinajstić information content (AvgIpc) is 3.07. The zero-order chi connectivity index (χ0) is 19.2. The van der Waals surface area contributed by atoms with E-state index in [-0.39, 0.29) is 23.3 Å². The zero-order valence-corrected chi connectivity index (χ0v) is 15.3. The van der Waals surface area contributed by atoms with Crippen LogP contribution in [-0.2, 0) is 9.53 Å². The molecule has 0 saturated heterocycles. The molecule has 0 aliphatic carbocycles. The molecule has 1 amide bonds. The molecule has 1 aliphatic rings. The van der Waals surface area contributed by atoms with Crippen molar-refractivity contribution in [1.82, 2.24) is 15.0 Å². The first kappa shape index (κ1) is 17.4. The van der Waals surface area contributed by atoms with Gasteiger partial charge in [0.25, 0.3) is 5.91 Å². The molecule has 0 bridgehead atoms. The van der Waals surface area contributed by atoms with Crippen molar-refractivity contribution in [2.24, 2.45) is 0 Å². The zero-order valence-electron chi connectivity index (χ0n) is 14.6. The summed E-state index contributed by atoms with van der Waals surface area (Å²) >= 11 is 6.14. The van der Waals surface area contributed by atoms with Crippen LogP contribution in [0.15, 0.2) is 30.9 Å². The van der Waals surface area contributed by atoms with Crippen molar-refractivity contribution in [2.75, 3.05) is 24.4 Å². The number of pyridine rings is 2. The molecule has 1 aliphatic heterocycles. The van der Waals surface area contributed by atoms with Crippen LogP contribution in [-0.4, -0.2) is 45.9 Å². The summed E-state index contributed by atoms with van der Waals surface area (Å²) in [6.45, 7) is 1.89. The number of amides is 1. The molecule has 9 heteroatoms.